The number of aromatic nitrogens is 2. The highest BCUT2D eigenvalue weighted by atomic mass is 32.1. The SMILES string of the molecule is Cc1nc(C(C)C)sc1C(=O)N(C)CCN(C)c1ncc([N+](=O)[O-])cc1F. The number of hydrogen-bond acceptors (Lipinski definition) is 7. The monoisotopic (exact) mass is 395 g/mol. The zero-order chi connectivity index (χ0) is 20.3. The maximum atomic E-state index is 14.0. The predicted molar refractivity (Wildman–Crippen MR) is 102 cm³/mol. The van der Waals surface area contributed by atoms with E-state index in [1.165, 1.54) is 16.2 Å². The largest absolute Gasteiger partial charge is 0.355 e. The van der Waals surface area contributed by atoms with Gasteiger partial charge in [0.1, 0.15) is 11.1 Å². The highest BCUT2D eigenvalue weighted by Gasteiger charge is 2.21. The minimum absolute atomic E-state index is 0.00230. The first kappa shape index (κ1) is 20.7. The van der Waals surface area contributed by atoms with E-state index in [2.05, 4.69) is 9.97 Å². The Balaban J connectivity index is 2.03. The molecule has 2 aromatic heterocycles. The number of hydrogen-bond donors (Lipinski definition) is 0. The van der Waals surface area contributed by atoms with Crippen LogP contribution in [0.2, 0.25) is 0 Å². The Morgan fingerprint density at radius 2 is 2.04 bits per heavy atom. The van der Waals surface area contributed by atoms with Crippen molar-refractivity contribution < 1.29 is 14.1 Å². The Hall–Kier alpha value is -2.62. The van der Waals surface area contributed by atoms with Gasteiger partial charge in [-0.05, 0) is 6.92 Å². The summed E-state index contributed by atoms with van der Waals surface area (Å²) in [6.07, 6.45) is 1.01. The average Bonchev–Trinajstić information content (AvgIpc) is 3.00. The number of rotatable bonds is 7. The molecule has 0 aliphatic rings. The van der Waals surface area contributed by atoms with Crippen molar-refractivity contribution in [3.8, 4) is 0 Å². The Labute approximate surface area is 160 Å². The standard InChI is InChI=1S/C17H22FN5O3S/c1-10(2)16-20-11(3)14(27-16)17(24)22(5)7-6-21(4)15-13(18)8-12(9-19-15)23(25)26/h8-10H,6-7H2,1-5H3. The molecule has 2 heterocycles. The number of nitro groups is 1. The van der Waals surface area contributed by atoms with Gasteiger partial charge >= 0.3 is 0 Å². The van der Waals surface area contributed by atoms with Crippen molar-refractivity contribution in [2.45, 2.75) is 26.7 Å². The van der Waals surface area contributed by atoms with Crippen molar-refractivity contribution in [3.63, 3.8) is 0 Å². The highest BCUT2D eigenvalue weighted by Crippen LogP contribution is 2.25. The van der Waals surface area contributed by atoms with Crippen LogP contribution < -0.4 is 4.90 Å². The Morgan fingerprint density at radius 1 is 1.37 bits per heavy atom. The lowest BCUT2D eigenvalue weighted by Gasteiger charge is -2.23. The molecule has 8 nitrogen and oxygen atoms in total. The number of anilines is 1. The van der Waals surface area contributed by atoms with Crippen LogP contribution in [0.1, 0.15) is 40.1 Å². The van der Waals surface area contributed by atoms with Crippen LogP contribution in [-0.2, 0) is 0 Å². The van der Waals surface area contributed by atoms with Gasteiger partial charge in [0.15, 0.2) is 11.6 Å². The third kappa shape index (κ3) is 4.76. The number of likely N-dealkylation sites (N-methyl/N-ethyl adjacent to an activating group) is 2. The molecule has 0 aliphatic carbocycles. The van der Waals surface area contributed by atoms with Gasteiger partial charge in [-0.1, -0.05) is 13.8 Å². The molecule has 10 heteroatoms. The fourth-order valence-electron chi connectivity index (χ4n) is 2.34. The molecule has 0 spiro atoms. The summed E-state index contributed by atoms with van der Waals surface area (Å²) in [5, 5.41) is 11.6. The zero-order valence-electron chi connectivity index (χ0n) is 15.9. The summed E-state index contributed by atoms with van der Waals surface area (Å²) in [4.78, 5) is 34.5. The Bertz CT molecular complexity index is 855. The van der Waals surface area contributed by atoms with Crippen LogP contribution >= 0.6 is 11.3 Å². The predicted octanol–water partition coefficient (Wildman–Crippen LogP) is 3.23. The third-order valence-corrected chi connectivity index (χ3v) is 5.44. The molecule has 27 heavy (non-hydrogen) atoms. The van der Waals surface area contributed by atoms with Crippen LogP contribution in [0.5, 0.6) is 0 Å². The lowest BCUT2D eigenvalue weighted by molar-refractivity contribution is -0.385. The van der Waals surface area contributed by atoms with Crippen molar-refractivity contribution in [1.82, 2.24) is 14.9 Å². The van der Waals surface area contributed by atoms with Crippen LogP contribution in [0, 0.1) is 22.9 Å². The van der Waals surface area contributed by atoms with E-state index in [9.17, 15) is 19.3 Å². The minimum Gasteiger partial charge on any atom is -0.355 e. The van der Waals surface area contributed by atoms with Crippen LogP contribution in [0.3, 0.4) is 0 Å². The molecule has 0 saturated carbocycles. The topological polar surface area (TPSA) is 92.5 Å². The van der Waals surface area contributed by atoms with E-state index in [0.29, 0.717) is 23.7 Å². The first-order chi connectivity index (χ1) is 12.6. The Morgan fingerprint density at radius 3 is 2.56 bits per heavy atom. The molecule has 0 bridgehead atoms. The lowest BCUT2D eigenvalue weighted by atomic mass is 10.2. The van der Waals surface area contributed by atoms with Gasteiger partial charge < -0.3 is 9.80 Å². The summed E-state index contributed by atoms with van der Waals surface area (Å²) in [5.74, 6) is -0.664. The van der Waals surface area contributed by atoms with Crippen LogP contribution in [0.15, 0.2) is 12.3 Å². The zero-order valence-corrected chi connectivity index (χ0v) is 16.7. The molecule has 0 aliphatic heterocycles. The van der Waals surface area contributed by atoms with E-state index in [4.69, 9.17) is 0 Å². The van der Waals surface area contributed by atoms with Gasteiger partial charge in [0, 0.05) is 33.1 Å². The van der Waals surface area contributed by atoms with Gasteiger partial charge in [-0.15, -0.1) is 11.3 Å². The second-order valence-electron chi connectivity index (χ2n) is 6.53. The molecule has 2 rings (SSSR count). The Kier molecular flexibility index (Phi) is 6.42. The summed E-state index contributed by atoms with van der Waals surface area (Å²) in [5.41, 5.74) is 0.301. The summed E-state index contributed by atoms with van der Waals surface area (Å²) < 4.78 is 14.0. The minimum atomic E-state index is -0.777. The van der Waals surface area contributed by atoms with E-state index in [0.717, 1.165) is 17.3 Å². The molecule has 0 N–H and O–H groups in total. The molecule has 0 aromatic carbocycles. The summed E-state index contributed by atoms with van der Waals surface area (Å²) in [7, 11) is 3.29. The molecular formula is C17H22FN5O3S. The van der Waals surface area contributed by atoms with E-state index >= 15 is 0 Å². The smallest absolute Gasteiger partial charge is 0.290 e. The van der Waals surface area contributed by atoms with Gasteiger partial charge in [-0.2, -0.15) is 0 Å². The second-order valence-corrected chi connectivity index (χ2v) is 7.56. The van der Waals surface area contributed by atoms with E-state index in [1.54, 1.807) is 19.0 Å². The quantitative estimate of drug-likeness (QED) is 0.528. The molecule has 146 valence electrons. The van der Waals surface area contributed by atoms with Crippen LogP contribution in [0.4, 0.5) is 15.9 Å². The molecule has 0 radical (unpaired) electrons. The summed E-state index contributed by atoms with van der Waals surface area (Å²) in [6, 6.07) is 0.835. The van der Waals surface area contributed by atoms with Gasteiger partial charge in [-0.3, -0.25) is 14.9 Å². The molecule has 0 atom stereocenters. The van der Waals surface area contributed by atoms with Crippen molar-refractivity contribution in [2.75, 3.05) is 32.1 Å². The molecule has 0 unspecified atom stereocenters. The van der Waals surface area contributed by atoms with Gasteiger partial charge in [-0.25, -0.2) is 14.4 Å². The number of thiazole rings is 1. The number of carbonyl (C=O) groups is 1. The normalized spacial score (nSPS) is 10.9. The van der Waals surface area contributed by atoms with E-state index in [1.807, 2.05) is 20.8 Å². The summed E-state index contributed by atoms with van der Waals surface area (Å²) in [6.45, 7) is 6.51. The lowest BCUT2D eigenvalue weighted by Crippen LogP contribution is -2.35. The van der Waals surface area contributed by atoms with Crippen molar-refractivity contribution in [1.29, 1.82) is 0 Å². The fourth-order valence-corrected chi connectivity index (χ4v) is 3.41. The number of pyridine rings is 1. The van der Waals surface area contributed by atoms with Crippen molar-refractivity contribution in [3.05, 3.63) is 43.8 Å². The summed E-state index contributed by atoms with van der Waals surface area (Å²) >= 11 is 1.39. The maximum absolute atomic E-state index is 14.0. The van der Waals surface area contributed by atoms with E-state index in [-0.39, 0.29) is 17.6 Å². The number of amides is 1. The van der Waals surface area contributed by atoms with E-state index < -0.39 is 16.4 Å². The van der Waals surface area contributed by atoms with Crippen molar-refractivity contribution >= 4 is 28.7 Å². The van der Waals surface area contributed by atoms with Gasteiger partial charge in [0.05, 0.1) is 21.7 Å². The van der Waals surface area contributed by atoms with Gasteiger partial charge in [0.2, 0.25) is 0 Å². The van der Waals surface area contributed by atoms with Crippen molar-refractivity contribution in [2.24, 2.45) is 0 Å². The molecule has 2 aromatic rings. The number of carbonyl (C=O) groups excluding carboxylic acids is 1. The fraction of sp³-hybridized carbons (Fsp3) is 0.471. The highest BCUT2D eigenvalue weighted by molar-refractivity contribution is 7.13. The van der Waals surface area contributed by atoms with Crippen LogP contribution in [0.25, 0.3) is 0 Å². The third-order valence-electron chi connectivity index (χ3n) is 4.00. The molecule has 0 saturated heterocycles. The number of aryl methyl sites for hydroxylation is 1. The first-order valence-corrected chi connectivity index (χ1v) is 9.17. The van der Waals surface area contributed by atoms with Crippen LogP contribution in [-0.4, -0.2) is 52.9 Å². The number of halogens is 1. The molecule has 0 fully saturated rings. The van der Waals surface area contributed by atoms with Gasteiger partial charge in [0.25, 0.3) is 11.6 Å². The number of nitrogens with zero attached hydrogens (tertiary/aromatic N) is 5. The molecular weight excluding hydrogens is 373 g/mol. The average molecular weight is 395 g/mol. The second kappa shape index (κ2) is 8.38. The maximum Gasteiger partial charge on any atom is 0.290 e. The molecule has 1 amide bonds. The first-order valence-electron chi connectivity index (χ1n) is 8.35.